The second-order valence-electron chi connectivity index (χ2n) is 4.62. The first kappa shape index (κ1) is 13.6. The molecule has 0 atom stereocenters. The maximum absolute atomic E-state index is 11.4. The number of ether oxygens (including phenoxy) is 1. The molecule has 0 heterocycles. The van der Waals surface area contributed by atoms with E-state index in [9.17, 15) is 4.79 Å². The number of fused-ring (bicyclic) bond motifs is 1. The molecular formula is C17H12BrNO2. The van der Waals surface area contributed by atoms with Gasteiger partial charge >= 0.3 is 0 Å². The molecule has 2 N–H and O–H groups in total. The average Bonchev–Trinajstić information content (AvgIpc) is 2.48. The van der Waals surface area contributed by atoms with Crippen molar-refractivity contribution in [1.29, 1.82) is 0 Å². The van der Waals surface area contributed by atoms with Gasteiger partial charge in [-0.05, 0) is 47.2 Å². The van der Waals surface area contributed by atoms with Crippen molar-refractivity contribution in [2.45, 2.75) is 0 Å². The Bertz CT molecular complexity index is 830. The molecule has 0 spiro atoms. The fourth-order valence-electron chi connectivity index (χ4n) is 2.14. The maximum atomic E-state index is 11.4. The molecule has 0 radical (unpaired) electrons. The highest BCUT2D eigenvalue weighted by atomic mass is 79.9. The van der Waals surface area contributed by atoms with E-state index in [0.29, 0.717) is 17.1 Å². The number of hydrogen-bond donors (Lipinski definition) is 1. The van der Waals surface area contributed by atoms with E-state index in [1.165, 1.54) is 0 Å². The summed E-state index contributed by atoms with van der Waals surface area (Å²) >= 11 is 3.45. The fourth-order valence-corrected chi connectivity index (χ4v) is 2.52. The smallest absolute Gasteiger partial charge is 0.252 e. The number of hydrogen-bond acceptors (Lipinski definition) is 2. The number of carbonyl (C=O) groups is 1. The molecule has 0 saturated heterocycles. The normalized spacial score (nSPS) is 10.5. The van der Waals surface area contributed by atoms with Gasteiger partial charge in [0, 0.05) is 4.47 Å². The lowest BCUT2D eigenvalue weighted by molar-refractivity contribution is 0.0998. The summed E-state index contributed by atoms with van der Waals surface area (Å²) in [6, 6.07) is 18.7. The SMILES string of the molecule is NC(=O)c1ccccc1Oc1ccc2cc(Br)ccc2c1. The fraction of sp³-hybridized carbons (Fsp3) is 0. The number of rotatable bonds is 3. The minimum absolute atomic E-state index is 0.369. The van der Waals surface area contributed by atoms with Crippen molar-refractivity contribution in [1.82, 2.24) is 0 Å². The topological polar surface area (TPSA) is 52.3 Å². The van der Waals surface area contributed by atoms with Gasteiger partial charge in [0.25, 0.3) is 5.91 Å². The summed E-state index contributed by atoms with van der Waals surface area (Å²) in [6.07, 6.45) is 0. The quantitative estimate of drug-likeness (QED) is 0.762. The first-order valence-corrected chi connectivity index (χ1v) is 7.19. The minimum Gasteiger partial charge on any atom is -0.457 e. The summed E-state index contributed by atoms with van der Waals surface area (Å²) in [5.74, 6) is 0.621. The molecule has 4 heteroatoms. The van der Waals surface area contributed by atoms with Crippen LogP contribution in [0.3, 0.4) is 0 Å². The summed E-state index contributed by atoms with van der Waals surface area (Å²) < 4.78 is 6.83. The van der Waals surface area contributed by atoms with Gasteiger partial charge in [-0.1, -0.05) is 40.2 Å². The van der Waals surface area contributed by atoms with Gasteiger partial charge in [-0.3, -0.25) is 4.79 Å². The van der Waals surface area contributed by atoms with Crippen molar-refractivity contribution >= 4 is 32.6 Å². The van der Waals surface area contributed by atoms with Gasteiger partial charge < -0.3 is 10.5 Å². The van der Waals surface area contributed by atoms with Gasteiger partial charge in [0.2, 0.25) is 0 Å². The van der Waals surface area contributed by atoms with Crippen molar-refractivity contribution in [3.05, 3.63) is 70.7 Å². The highest BCUT2D eigenvalue weighted by Crippen LogP contribution is 2.29. The van der Waals surface area contributed by atoms with E-state index in [-0.39, 0.29) is 0 Å². The van der Waals surface area contributed by atoms with Gasteiger partial charge in [-0.2, -0.15) is 0 Å². The number of nitrogens with two attached hydrogens (primary N) is 1. The predicted molar refractivity (Wildman–Crippen MR) is 86.7 cm³/mol. The molecule has 0 aliphatic carbocycles. The summed E-state index contributed by atoms with van der Waals surface area (Å²) in [5.41, 5.74) is 5.72. The number of para-hydroxylation sites is 1. The van der Waals surface area contributed by atoms with Crippen LogP contribution in [0.5, 0.6) is 11.5 Å². The van der Waals surface area contributed by atoms with Gasteiger partial charge in [0.15, 0.2) is 0 Å². The summed E-state index contributed by atoms with van der Waals surface area (Å²) in [5, 5.41) is 2.17. The van der Waals surface area contributed by atoms with Crippen molar-refractivity contribution < 1.29 is 9.53 Å². The Morgan fingerprint density at radius 2 is 1.67 bits per heavy atom. The number of primary amides is 1. The zero-order valence-corrected chi connectivity index (χ0v) is 12.6. The Kier molecular flexibility index (Phi) is 3.62. The molecule has 1 amide bonds. The minimum atomic E-state index is -0.504. The van der Waals surface area contributed by atoms with Crippen LogP contribution in [0.2, 0.25) is 0 Å². The monoisotopic (exact) mass is 341 g/mol. The molecule has 0 aromatic heterocycles. The van der Waals surface area contributed by atoms with Crippen LogP contribution in [0.15, 0.2) is 65.1 Å². The van der Waals surface area contributed by atoms with Gasteiger partial charge in [0.1, 0.15) is 11.5 Å². The van der Waals surface area contributed by atoms with E-state index in [2.05, 4.69) is 15.9 Å². The van der Waals surface area contributed by atoms with Gasteiger partial charge in [-0.25, -0.2) is 0 Å². The Balaban J connectivity index is 1.99. The third kappa shape index (κ3) is 2.90. The van der Waals surface area contributed by atoms with E-state index in [0.717, 1.165) is 15.2 Å². The standard InChI is InChI=1S/C17H12BrNO2/c18-13-7-5-12-10-14(8-6-11(12)9-13)21-16-4-2-1-3-15(16)17(19)20/h1-10H,(H2,19,20). The third-order valence-electron chi connectivity index (χ3n) is 3.15. The van der Waals surface area contributed by atoms with Crippen LogP contribution < -0.4 is 10.5 Å². The van der Waals surface area contributed by atoms with Crippen LogP contribution in [0, 0.1) is 0 Å². The molecule has 0 saturated carbocycles. The zero-order valence-electron chi connectivity index (χ0n) is 11.0. The predicted octanol–water partition coefficient (Wildman–Crippen LogP) is 4.49. The second kappa shape index (κ2) is 5.58. The Hall–Kier alpha value is -2.33. The highest BCUT2D eigenvalue weighted by molar-refractivity contribution is 9.10. The molecule has 0 bridgehead atoms. The van der Waals surface area contributed by atoms with Crippen molar-refractivity contribution in [3.8, 4) is 11.5 Å². The second-order valence-corrected chi connectivity index (χ2v) is 5.53. The molecule has 0 aliphatic rings. The number of amides is 1. The van der Waals surface area contributed by atoms with Crippen LogP contribution in [-0.4, -0.2) is 5.91 Å². The van der Waals surface area contributed by atoms with Crippen molar-refractivity contribution in [3.63, 3.8) is 0 Å². The Labute approximate surface area is 130 Å². The van der Waals surface area contributed by atoms with E-state index < -0.39 is 5.91 Å². The Morgan fingerprint density at radius 1 is 0.952 bits per heavy atom. The Morgan fingerprint density at radius 3 is 2.48 bits per heavy atom. The molecule has 0 unspecified atom stereocenters. The molecule has 0 fully saturated rings. The lowest BCUT2D eigenvalue weighted by atomic mass is 10.1. The molecule has 3 rings (SSSR count). The summed E-state index contributed by atoms with van der Waals surface area (Å²) in [4.78, 5) is 11.4. The number of carbonyl (C=O) groups excluding carboxylic acids is 1. The lowest BCUT2D eigenvalue weighted by Gasteiger charge is -2.10. The molecule has 3 aromatic carbocycles. The maximum Gasteiger partial charge on any atom is 0.252 e. The lowest BCUT2D eigenvalue weighted by Crippen LogP contribution is -2.11. The van der Waals surface area contributed by atoms with Crippen LogP contribution >= 0.6 is 15.9 Å². The molecular weight excluding hydrogens is 330 g/mol. The number of benzene rings is 3. The first-order chi connectivity index (χ1) is 10.1. The molecule has 104 valence electrons. The van der Waals surface area contributed by atoms with Crippen LogP contribution in [0.4, 0.5) is 0 Å². The largest absolute Gasteiger partial charge is 0.457 e. The summed E-state index contributed by atoms with van der Waals surface area (Å²) in [7, 11) is 0. The third-order valence-corrected chi connectivity index (χ3v) is 3.65. The molecule has 0 aliphatic heterocycles. The van der Waals surface area contributed by atoms with E-state index in [1.54, 1.807) is 24.3 Å². The number of halogens is 1. The first-order valence-electron chi connectivity index (χ1n) is 6.39. The molecule has 3 nitrogen and oxygen atoms in total. The van der Waals surface area contributed by atoms with Crippen LogP contribution in [-0.2, 0) is 0 Å². The van der Waals surface area contributed by atoms with Gasteiger partial charge in [0.05, 0.1) is 5.56 Å². The summed E-state index contributed by atoms with van der Waals surface area (Å²) in [6.45, 7) is 0. The molecule has 21 heavy (non-hydrogen) atoms. The van der Waals surface area contributed by atoms with E-state index in [1.807, 2.05) is 36.4 Å². The van der Waals surface area contributed by atoms with Crippen LogP contribution in [0.25, 0.3) is 10.8 Å². The van der Waals surface area contributed by atoms with Crippen LogP contribution in [0.1, 0.15) is 10.4 Å². The average molecular weight is 342 g/mol. The molecule has 3 aromatic rings. The van der Waals surface area contributed by atoms with E-state index >= 15 is 0 Å². The van der Waals surface area contributed by atoms with E-state index in [4.69, 9.17) is 10.5 Å². The van der Waals surface area contributed by atoms with Crippen molar-refractivity contribution in [2.24, 2.45) is 5.73 Å². The zero-order chi connectivity index (χ0) is 14.8. The van der Waals surface area contributed by atoms with Crippen molar-refractivity contribution in [2.75, 3.05) is 0 Å². The van der Waals surface area contributed by atoms with Gasteiger partial charge in [-0.15, -0.1) is 0 Å². The highest BCUT2D eigenvalue weighted by Gasteiger charge is 2.09.